The summed E-state index contributed by atoms with van der Waals surface area (Å²) in [5.74, 6) is 4.44. The highest BCUT2D eigenvalue weighted by Crippen LogP contribution is 2.21. The smallest absolute Gasteiger partial charge is 0.163 e. The average Bonchev–Trinajstić information content (AvgIpc) is 1.85. The predicted octanol–water partition coefficient (Wildman–Crippen LogP) is 0.418. The lowest BCUT2D eigenvalue weighted by molar-refractivity contribution is -0.280. The second kappa shape index (κ2) is 3.49. The molecule has 0 spiro atoms. The first-order chi connectivity index (χ1) is 5.14. The molecule has 0 aromatic heterocycles. The summed E-state index contributed by atoms with van der Waals surface area (Å²) in [5.41, 5.74) is 0. The van der Waals surface area contributed by atoms with Crippen molar-refractivity contribution in [1.29, 1.82) is 0 Å². The van der Waals surface area contributed by atoms with Gasteiger partial charge in [-0.15, -0.1) is 0 Å². The molecule has 4 nitrogen and oxygen atoms in total. The van der Waals surface area contributed by atoms with E-state index >= 15 is 0 Å². The second-order valence-corrected chi connectivity index (χ2v) is 3.11. The van der Waals surface area contributed by atoms with Gasteiger partial charge in [-0.05, 0) is 20.3 Å². The van der Waals surface area contributed by atoms with Crippen LogP contribution in [-0.2, 0) is 14.3 Å². The average molecular weight is 161 g/mol. The molecule has 1 aliphatic heterocycles. The van der Waals surface area contributed by atoms with Crippen LogP contribution in [0.1, 0.15) is 20.3 Å². The molecule has 1 atom stereocenters. The Morgan fingerprint density at radius 3 is 2.91 bits per heavy atom. The molecule has 0 amide bonds. The van der Waals surface area contributed by atoms with Crippen LogP contribution >= 0.6 is 0 Å². The van der Waals surface area contributed by atoms with Crippen LogP contribution in [0.25, 0.3) is 0 Å². The quantitative estimate of drug-likeness (QED) is 0.596. The summed E-state index contributed by atoms with van der Waals surface area (Å²) in [7, 11) is 0. The van der Waals surface area contributed by atoms with Crippen molar-refractivity contribution in [3.8, 4) is 0 Å². The molecule has 66 valence electrons. The third-order valence-corrected chi connectivity index (χ3v) is 1.62. The Hall–Kier alpha value is -0.160. The first kappa shape index (κ1) is 8.93. The molecule has 1 heterocycles. The zero-order chi connectivity index (χ0) is 8.32. The molecule has 4 heteroatoms. The fraction of sp³-hybridized carbons (Fsp3) is 1.00. The molecule has 1 saturated heterocycles. The van der Waals surface area contributed by atoms with Crippen LogP contribution in [0.4, 0.5) is 0 Å². The normalized spacial score (nSPS) is 30.3. The fourth-order valence-electron chi connectivity index (χ4n) is 1.16. The second-order valence-electron chi connectivity index (χ2n) is 3.11. The van der Waals surface area contributed by atoms with Crippen LogP contribution < -0.4 is 5.90 Å². The Balaban J connectivity index is 2.34. The molecule has 0 saturated carbocycles. The van der Waals surface area contributed by atoms with E-state index in [9.17, 15) is 0 Å². The lowest BCUT2D eigenvalue weighted by Crippen LogP contribution is -2.42. The van der Waals surface area contributed by atoms with Crippen molar-refractivity contribution < 1.29 is 14.3 Å². The van der Waals surface area contributed by atoms with Gasteiger partial charge in [0, 0.05) is 0 Å². The van der Waals surface area contributed by atoms with Crippen LogP contribution in [-0.4, -0.2) is 25.1 Å². The van der Waals surface area contributed by atoms with Crippen molar-refractivity contribution in [2.24, 2.45) is 5.90 Å². The van der Waals surface area contributed by atoms with Gasteiger partial charge in [0.05, 0.1) is 19.3 Å². The van der Waals surface area contributed by atoms with E-state index in [0.717, 1.165) is 6.42 Å². The van der Waals surface area contributed by atoms with Gasteiger partial charge in [-0.2, -0.15) is 0 Å². The summed E-state index contributed by atoms with van der Waals surface area (Å²) in [6.45, 7) is 4.92. The first-order valence-corrected chi connectivity index (χ1v) is 3.77. The summed E-state index contributed by atoms with van der Waals surface area (Å²) < 4.78 is 10.8. The van der Waals surface area contributed by atoms with Crippen molar-refractivity contribution in [2.45, 2.75) is 32.2 Å². The zero-order valence-corrected chi connectivity index (χ0v) is 7.00. The van der Waals surface area contributed by atoms with Crippen molar-refractivity contribution >= 4 is 0 Å². The van der Waals surface area contributed by atoms with Crippen LogP contribution in [0, 0.1) is 0 Å². The van der Waals surface area contributed by atoms with Crippen molar-refractivity contribution in [1.82, 2.24) is 0 Å². The number of hydrogen-bond acceptors (Lipinski definition) is 4. The number of nitrogens with two attached hydrogens (primary N) is 1. The van der Waals surface area contributed by atoms with Gasteiger partial charge in [0.1, 0.15) is 0 Å². The number of ether oxygens (including phenoxy) is 2. The lowest BCUT2D eigenvalue weighted by atomic mass is 10.2. The Labute approximate surface area is 66.6 Å². The van der Waals surface area contributed by atoms with Gasteiger partial charge in [0.15, 0.2) is 5.79 Å². The van der Waals surface area contributed by atoms with E-state index in [4.69, 9.17) is 15.4 Å². The van der Waals surface area contributed by atoms with Crippen LogP contribution in [0.5, 0.6) is 0 Å². The van der Waals surface area contributed by atoms with Crippen molar-refractivity contribution in [3.05, 3.63) is 0 Å². The minimum absolute atomic E-state index is 0.0729. The lowest BCUT2D eigenvalue weighted by Gasteiger charge is -2.35. The Morgan fingerprint density at radius 1 is 1.64 bits per heavy atom. The summed E-state index contributed by atoms with van der Waals surface area (Å²) in [4.78, 5) is 4.49. The van der Waals surface area contributed by atoms with Gasteiger partial charge in [-0.3, -0.25) is 0 Å². The van der Waals surface area contributed by atoms with Crippen molar-refractivity contribution in [3.63, 3.8) is 0 Å². The molecule has 1 fully saturated rings. The summed E-state index contributed by atoms with van der Waals surface area (Å²) in [5, 5.41) is 0. The van der Waals surface area contributed by atoms with Gasteiger partial charge in [-0.1, -0.05) is 0 Å². The van der Waals surface area contributed by atoms with Crippen LogP contribution in [0.2, 0.25) is 0 Å². The first-order valence-electron chi connectivity index (χ1n) is 3.77. The SMILES string of the molecule is CC1(C)OCC[C@@H](CON)O1. The van der Waals surface area contributed by atoms with E-state index in [0.29, 0.717) is 13.2 Å². The van der Waals surface area contributed by atoms with Crippen LogP contribution in [0.15, 0.2) is 0 Å². The molecule has 2 N–H and O–H groups in total. The molecule has 1 aliphatic rings. The maximum Gasteiger partial charge on any atom is 0.163 e. The number of hydrogen-bond donors (Lipinski definition) is 1. The predicted molar refractivity (Wildman–Crippen MR) is 39.7 cm³/mol. The third-order valence-electron chi connectivity index (χ3n) is 1.62. The Kier molecular flexibility index (Phi) is 2.84. The Bertz CT molecular complexity index is 125. The minimum Gasteiger partial charge on any atom is -0.350 e. The van der Waals surface area contributed by atoms with Crippen LogP contribution in [0.3, 0.4) is 0 Å². The van der Waals surface area contributed by atoms with E-state index in [1.165, 1.54) is 0 Å². The monoisotopic (exact) mass is 161 g/mol. The van der Waals surface area contributed by atoms with Gasteiger partial charge in [0.2, 0.25) is 0 Å². The molecule has 0 unspecified atom stereocenters. The van der Waals surface area contributed by atoms with Gasteiger partial charge < -0.3 is 14.3 Å². The van der Waals surface area contributed by atoms with E-state index < -0.39 is 5.79 Å². The Morgan fingerprint density at radius 2 is 2.36 bits per heavy atom. The number of rotatable bonds is 2. The van der Waals surface area contributed by atoms with Gasteiger partial charge in [0.25, 0.3) is 0 Å². The molecular formula is C7H15NO3. The van der Waals surface area contributed by atoms with Gasteiger partial charge in [-0.25, -0.2) is 5.90 Å². The van der Waals surface area contributed by atoms with E-state index in [-0.39, 0.29) is 6.10 Å². The third kappa shape index (κ3) is 2.75. The molecule has 0 radical (unpaired) electrons. The molecule has 0 aromatic rings. The molecule has 0 aliphatic carbocycles. The molecule has 1 rings (SSSR count). The highest BCUT2D eigenvalue weighted by molar-refractivity contribution is 4.67. The van der Waals surface area contributed by atoms with E-state index in [1.807, 2.05) is 13.8 Å². The topological polar surface area (TPSA) is 53.7 Å². The highest BCUT2D eigenvalue weighted by Gasteiger charge is 2.29. The highest BCUT2D eigenvalue weighted by atomic mass is 16.7. The minimum atomic E-state index is -0.485. The maximum atomic E-state index is 5.49. The summed E-state index contributed by atoms with van der Waals surface area (Å²) >= 11 is 0. The molecule has 0 aromatic carbocycles. The van der Waals surface area contributed by atoms with E-state index in [1.54, 1.807) is 0 Å². The standard InChI is InChI=1S/C7H15NO3/c1-7(2)9-4-3-6(11-7)5-10-8/h6H,3-5,8H2,1-2H3/t6-/m0/s1. The van der Waals surface area contributed by atoms with Gasteiger partial charge >= 0.3 is 0 Å². The largest absolute Gasteiger partial charge is 0.350 e. The van der Waals surface area contributed by atoms with E-state index in [2.05, 4.69) is 4.84 Å². The fourth-order valence-corrected chi connectivity index (χ4v) is 1.16. The summed E-state index contributed by atoms with van der Waals surface area (Å²) in [6.07, 6.45) is 0.921. The molecule has 0 bridgehead atoms. The maximum absolute atomic E-state index is 5.49. The molecular weight excluding hydrogens is 146 g/mol. The molecule has 11 heavy (non-hydrogen) atoms. The van der Waals surface area contributed by atoms with Crippen molar-refractivity contribution in [2.75, 3.05) is 13.2 Å². The summed E-state index contributed by atoms with van der Waals surface area (Å²) in [6, 6.07) is 0. The zero-order valence-electron chi connectivity index (χ0n) is 7.00.